The fraction of sp³-hybridized carbons (Fsp3) is 0.538. The van der Waals surface area contributed by atoms with Crippen molar-refractivity contribution in [2.75, 3.05) is 25.7 Å². The molecule has 1 aliphatic carbocycles. The monoisotopic (exact) mass is 237 g/mol. The molecule has 1 aromatic carbocycles. The van der Waals surface area contributed by atoms with Gasteiger partial charge in [0.2, 0.25) is 0 Å². The molecule has 88 valence electrons. The average Bonchev–Trinajstić information content (AvgIpc) is 2.73. The second kappa shape index (κ2) is 5.60. The summed E-state index contributed by atoms with van der Waals surface area (Å²) < 4.78 is 5.83. The standard InChI is InChI=1S/C13H19NOS/c1-14-12-7-6-11-10(12)4-3-5-13(11)15-8-9-16-2/h3-5,12,14H,6-9H2,1-2H3. The normalized spacial score (nSPS) is 18.5. The van der Waals surface area contributed by atoms with Crippen LogP contribution in [0, 0.1) is 0 Å². The van der Waals surface area contributed by atoms with E-state index in [1.54, 1.807) is 0 Å². The van der Waals surface area contributed by atoms with Crippen LogP contribution in [0.5, 0.6) is 5.75 Å². The molecular formula is C13H19NOS. The second-order valence-corrected chi connectivity index (χ2v) is 5.03. The molecule has 0 saturated carbocycles. The maximum atomic E-state index is 5.83. The Morgan fingerprint density at radius 3 is 3.12 bits per heavy atom. The lowest BCUT2D eigenvalue weighted by Crippen LogP contribution is -2.12. The van der Waals surface area contributed by atoms with Crippen molar-refractivity contribution in [1.29, 1.82) is 0 Å². The van der Waals surface area contributed by atoms with Crippen molar-refractivity contribution in [1.82, 2.24) is 5.32 Å². The van der Waals surface area contributed by atoms with Crippen molar-refractivity contribution in [2.24, 2.45) is 0 Å². The van der Waals surface area contributed by atoms with Crippen LogP contribution < -0.4 is 10.1 Å². The van der Waals surface area contributed by atoms with Gasteiger partial charge >= 0.3 is 0 Å². The molecule has 0 spiro atoms. The van der Waals surface area contributed by atoms with Crippen molar-refractivity contribution >= 4 is 11.8 Å². The number of hydrogen-bond acceptors (Lipinski definition) is 3. The van der Waals surface area contributed by atoms with Crippen LogP contribution in [0.3, 0.4) is 0 Å². The minimum absolute atomic E-state index is 0.513. The van der Waals surface area contributed by atoms with Gasteiger partial charge in [-0.3, -0.25) is 0 Å². The summed E-state index contributed by atoms with van der Waals surface area (Å²) in [6.07, 6.45) is 4.43. The molecule has 1 unspecified atom stereocenters. The predicted octanol–water partition coefficient (Wildman–Crippen LogP) is 2.64. The molecule has 0 heterocycles. The minimum atomic E-state index is 0.513. The van der Waals surface area contributed by atoms with E-state index in [4.69, 9.17) is 4.74 Å². The van der Waals surface area contributed by atoms with Gasteiger partial charge in [0.25, 0.3) is 0 Å². The van der Waals surface area contributed by atoms with E-state index in [-0.39, 0.29) is 0 Å². The number of rotatable bonds is 5. The van der Waals surface area contributed by atoms with E-state index in [1.165, 1.54) is 17.5 Å². The Balaban J connectivity index is 2.12. The van der Waals surface area contributed by atoms with Crippen LogP contribution in [0.4, 0.5) is 0 Å². The first kappa shape index (κ1) is 11.8. The van der Waals surface area contributed by atoms with Gasteiger partial charge < -0.3 is 10.1 Å². The van der Waals surface area contributed by atoms with Crippen LogP contribution in [0.2, 0.25) is 0 Å². The van der Waals surface area contributed by atoms with Crippen molar-refractivity contribution < 1.29 is 4.74 Å². The summed E-state index contributed by atoms with van der Waals surface area (Å²) in [5.74, 6) is 2.14. The molecule has 1 atom stereocenters. The summed E-state index contributed by atoms with van der Waals surface area (Å²) in [6.45, 7) is 0.807. The highest BCUT2D eigenvalue weighted by Gasteiger charge is 2.23. The molecule has 2 nitrogen and oxygen atoms in total. The summed E-state index contributed by atoms with van der Waals surface area (Å²) in [7, 11) is 2.03. The van der Waals surface area contributed by atoms with E-state index in [2.05, 4.69) is 29.8 Å². The molecule has 0 radical (unpaired) electrons. The van der Waals surface area contributed by atoms with Crippen LogP contribution in [0.15, 0.2) is 18.2 Å². The van der Waals surface area contributed by atoms with Gasteiger partial charge in [-0.2, -0.15) is 11.8 Å². The Bertz CT molecular complexity index is 354. The first-order chi connectivity index (χ1) is 7.86. The van der Waals surface area contributed by atoms with Crippen LogP contribution in [-0.2, 0) is 6.42 Å². The zero-order valence-corrected chi connectivity index (χ0v) is 10.8. The van der Waals surface area contributed by atoms with Gasteiger partial charge in [0, 0.05) is 11.8 Å². The van der Waals surface area contributed by atoms with Crippen molar-refractivity contribution in [2.45, 2.75) is 18.9 Å². The van der Waals surface area contributed by atoms with Gasteiger partial charge in [-0.25, -0.2) is 0 Å². The summed E-state index contributed by atoms with van der Waals surface area (Å²) in [6, 6.07) is 6.92. The average molecular weight is 237 g/mol. The zero-order valence-electron chi connectivity index (χ0n) is 9.95. The Morgan fingerprint density at radius 1 is 1.50 bits per heavy atom. The Morgan fingerprint density at radius 2 is 2.38 bits per heavy atom. The Labute approximate surface area is 102 Å². The first-order valence-corrected chi connectivity index (χ1v) is 7.17. The van der Waals surface area contributed by atoms with Crippen LogP contribution in [0.1, 0.15) is 23.6 Å². The highest BCUT2D eigenvalue weighted by molar-refractivity contribution is 7.98. The maximum absolute atomic E-state index is 5.83. The van der Waals surface area contributed by atoms with Gasteiger partial charge in [-0.05, 0) is 43.3 Å². The third kappa shape index (κ3) is 2.36. The lowest BCUT2D eigenvalue weighted by molar-refractivity contribution is 0.340. The topological polar surface area (TPSA) is 21.3 Å². The maximum Gasteiger partial charge on any atom is 0.122 e. The lowest BCUT2D eigenvalue weighted by atomic mass is 10.1. The zero-order chi connectivity index (χ0) is 11.4. The summed E-state index contributed by atoms with van der Waals surface area (Å²) in [5.41, 5.74) is 2.83. The highest BCUT2D eigenvalue weighted by Crippen LogP contribution is 2.36. The van der Waals surface area contributed by atoms with Crippen LogP contribution in [0.25, 0.3) is 0 Å². The number of fused-ring (bicyclic) bond motifs is 1. The highest BCUT2D eigenvalue weighted by atomic mass is 32.2. The predicted molar refractivity (Wildman–Crippen MR) is 70.4 cm³/mol. The van der Waals surface area contributed by atoms with E-state index in [0.29, 0.717) is 6.04 Å². The minimum Gasteiger partial charge on any atom is -0.492 e. The summed E-state index contributed by atoms with van der Waals surface area (Å²) in [4.78, 5) is 0. The van der Waals surface area contributed by atoms with E-state index in [1.807, 2.05) is 18.8 Å². The molecule has 0 amide bonds. The molecule has 0 fully saturated rings. The number of benzene rings is 1. The largest absolute Gasteiger partial charge is 0.492 e. The molecule has 0 saturated heterocycles. The van der Waals surface area contributed by atoms with E-state index >= 15 is 0 Å². The van der Waals surface area contributed by atoms with E-state index < -0.39 is 0 Å². The van der Waals surface area contributed by atoms with Gasteiger partial charge in [0.1, 0.15) is 5.75 Å². The Kier molecular flexibility index (Phi) is 4.13. The number of hydrogen-bond donors (Lipinski definition) is 1. The van der Waals surface area contributed by atoms with Crippen LogP contribution in [-0.4, -0.2) is 25.7 Å². The molecule has 1 N–H and O–H groups in total. The van der Waals surface area contributed by atoms with Crippen molar-refractivity contribution in [3.05, 3.63) is 29.3 Å². The number of ether oxygens (including phenoxy) is 1. The second-order valence-electron chi connectivity index (χ2n) is 4.05. The fourth-order valence-corrected chi connectivity index (χ4v) is 2.54. The molecule has 1 aliphatic rings. The molecule has 3 heteroatoms. The van der Waals surface area contributed by atoms with E-state index in [0.717, 1.165) is 24.5 Å². The third-order valence-electron chi connectivity index (χ3n) is 3.12. The molecule has 2 rings (SSSR count). The molecule has 0 aromatic heterocycles. The lowest BCUT2D eigenvalue weighted by Gasteiger charge is -2.12. The first-order valence-electron chi connectivity index (χ1n) is 5.77. The van der Waals surface area contributed by atoms with Crippen molar-refractivity contribution in [3.63, 3.8) is 0 Å². The molecule has 0 bridgehead atoms. The number of thioether (sulfide) groups is 1. The smallest absolute Gasteiger partial charge is 0.122 e. The van der Waals surface area contributed by atoms with Gasteiger partial charge in [-0.15, -0.1) is 0 Å². The number of nitrogens with one attached hydrogen (secondary N) is 1. The van der Waals surface area contributed by atoms with Gasteiger partial charge in [0.05, 0.1) is 6.61 Å². The van der Waals surface area contributed by atoms with Gasteiger partial charge in [0.15, 0.2) is 0 Å². The SMILES string of the molecule is CNC1CCc2c(OCCSC)cccc21. The molecule has 16 heavy (non-hydrogen) atoms. The van der Waals surface area contributed by atoms with Gasteiger partial charge in [-0.1, -0.05) is 12.1 Å². The summed E-state index contributed by atoms with van der Waals surface area (Å²) >= 11 is 1.82. The molecular weight excluding hydrogens is 218 g/mol. The van der Waals surface area contributed by atoms with E-state index in [9.17, 15) is 0 Å². The Hall–Kier alpha value is -0.670. The summed E-state index contributed by atoms with van der Waals surface area (Å²) in [5, 5.41) is 3.35. The van der Waals surface area contributed by atoms with Crippen molar-refractivity contribution in [3.8, 4) is 5.75 Å². The quantitative estimate of drug-likeness (QED) is 0.796. The third-order valence-corrected chi connectivity index (χ3v) is 3.70. The molecule has 1 aromatic rings. The fourth-order valence-electron chi connectivity index (χ4n) is 2.29. The van der Waals surface area contributed by atoms with Crippen LogP contribution >= 0.6 is 11.8 Å². The molecule has 0 aliphatic heterocycles.